The number of benzene rings is 1. The molecule has 0 spiro atoms. The topological polar surface area (TPSA) is 87.3 Å². The number of carbonyl (C=O) groups excluding carboxylic acids is 1. The number of sulfonamides is 1. The van der Waals surface area contributed by atoms with Crippen LogP contribution in [-0.2, 0) is 21.4 Å². The van der Waals surface area contributed by atoms with Crippen molar-refractivity contribution in [3.8, 4) is 0 Å². The first kappa shape index (κ1) is 16.6. The maximum Gasteiger partial charge on any atom is 0.262 e. The second kappa shape index (κ2) is 6.17. The van der Waals surface area contributed by atoms with Gasteiger partial charge in [-0.2, -0.15) is 0 Å². The van der Waals surface area contributed by atoms with Crippen LogP contribution >= 0.6 is 0 Å². The van der Waals surface area contributed by atoms with Gasteiger partial charge in [0.1, 0.15) is 0 Å². The quantitative estimate of drug-likeness (QED) is 0.739. The number of nitrogens with one attached hydrogen (secondary N) is 3. The first-order valence-electron chi connectivity index (χ1n) is 6.60. The summed E-state index contributed by atoms with van der Waals surface area (Å²) < 4.78 is 50.7. The second-order valence-corrected chi connectivity index (χ2v) is 7.03. The van der Waals surface area contributed by atoms with Crippen LogP contribution < -0.4 is 15.4 Å². The van der Waals surface area contributed by atoms with Crippen molar-refractivity contribution in [3.05, 3.63) is 29.8 Å². The lowest BCUT2D eigenvalue weighted by Crippen LogP contribution is -2.40. The van der Waals surface area contributed by atoms with Crippen LogP contribution in [0.25, 0.3) is 0 Å². The minimum atomic E-state index is -3.38. The van der Waals surface area contributed by atoms with Crippen molar-refractivity contribution < 1.29 is 22.0 Å². The van der Waals surface area contributed by atoms with Gasteiger partial charge < -0.3 is 5.32 Å². The van der Waals surface area contributed by atoms with Crippen LogP contribution in [0.1, 0.15) is 12.0 Å². The molecule has 3 N–H and O–H groups in total. The molecule has 1 heterocycles. The number of hydrogen-bond acceptors (Lipinski definition) is 4. The summed E-state index contributed by atoms with van der Waals surface area (Å²) in [5, 5.41) is 5.03. The van der Waals surface area contributed by atoms with Crippen molar-refractivity contribution in [1.29, 1.82) is 0 Å². The molecule has 1 aromatic carbocycles. The third-order valence-corrected chi connectivity index (χ3v) is 3.73. The maximum absolute atomic E-state index is 13.0. The van der Waals surface area contributed by atoms with Gasteiger partial charge in [-0.1, -0.05) is 12.1 Å². The molecule has 22 heavy (non-hydrogen) atoms. The molecule has 1 aromatic rings. The number of alkyl halides is 2. The molecule has 1 amide bonds. The van der Waals surface area contributed by atoms with E-state index in [1.165, 1.54) is 0 Å². The third kappa shape index (κ3) is 4.92. The van der Waals surface area contributed by atoms with Crippen LogP contribution in [0.5, 0.6) is 0 Å². The molecule has 1 unspecified atom stereocenters. The molecule has 0 aromatic heterocycles. The standard InChI is InChI=1S/C13H17F2N3O3S/c1-22(20,21)18-10-4-2-3-9(5-10)7-16-12(19)11-6-13(14,15)8-17-11/h2-5,11,17-18H,6-8H2,1H3,(H,16,19). The average molecular weight is 333 g/mol. The van der Waals surface area contributed by atoms with E-state index in [-0.39, 0.29) is 6.54 Å². The van der Waals surface area contributed by atoms with Gasteiger partial charge in [0.15, 0.2) is 0 Å². The molecule has 1 aliphatic rings. The Labute approximate surface area is 127 Å². The van der Waals surface area contributed by atoms with Crippen molar-refractivity contribution in [3.63, 3.8) is 0 Å². The van der Waals surface area contributed by atoms with Crippen LogP contribution in [0.4, 0.5) is 14.5 Å². The number of carbonyl (C=O) groups is 1. The summed E-state index contributed by atoms with van der Waals surface area (Å²) in [5.74, 6) is -3.36. The van der Waals surface area contributed by atoms with E-state index in [1.807, 2.05) is 0 Å². The summed E-state index contributed by atoms with van der Waals surface area (Å²) in [7, 11) is -3.38. The van der Waals surface area contributed by atoms with Crippen molar-refractivity contribution in [2.24, 2.45) is 0 Å². The number of halogens is 2. The van der Waals surface area contributed by atoms with Gasteiger partial charge in [-0.15, -0.1) is 0 Å². The predicted octanol–water partition coefficient (Wildman–Crippen LogP) is 0.671. The SMILES string of the molecule is CS(=O)(=O)Nc1cccc(CNC(=O)C2CC(F)(F)CN2)c1. The molecule has 1 atom stereocenters. The van der Waals surface area contributed by atoms with E-state index < -0.39 is 40.9 Å². The summed E-state index contributed by atoms with van der Waals surface area (Å²) in [6.07, 6.45) is 0.516. The highest BCUT2D eigenvalue weighted by Crippen LogP contribution is 2.25. The van der Waals surface area contributed by atoms with Crippen LogP contribution in [0, 0.1) is 0 Å². The van der Waals surface area contributed by atoms with E-state index in [0.29, 0.717) is 11.3 Å². The van der Waals surface area contributed by atoms with E-state index in [1.54, 1.807) is 24.3 Å². The van der Waals surface area contributed by atoms with E-state index in [9.17, 15) is 22.0 Å². The molecule has 1 aliphatic heterocycles. The van der Waals surface area contributed by atoms with Gasteiger partial charge in [-0.25, -0.2) is 17.2 Å². The van der Waals surface area contributed by atoms with Crippen molar-refractivity contribution in [2.45, 2.75) is 24.9 Å². The fourth-order valence-corrected chi connectivity index (χ4v) is 2.73. The molecule has 2 rings (SSSR count). The fourth-order valence-electron chi connectivity index (χ4n) is 2.17. The first-order chi connectivity index (χ1) is 10.1. The number of hydrogen-bond donors (Lipinski definition) is 3. The summed E-state index contributed by atoms with van der Waals surface area (Å²) in [4.78, 5) is 11.8. The Morgan fingerprint density at radius 3 is 2.77 bits per heavy atom. The van der Waals surface area contributed by atoms with Crippen molar-refractivity contribution in [1.82, 2.24) is 10.6 Å². The lowest BCUT2D eigenvalue weighted by molar-refractivity contribution is -0.123. The average Bonchev–Trinajstić information content (AvgIpc) is 2.75. The molecule has 0 bridgehead atoms. The molecule has 0 aliphatic carbocycles. The van der Waals surface area contributed by atoms with Crippen LogP contribution in [0.2, 0.25) is 0 Å². The molecule has 1 saturated heterocycles. The fraction of sp³-hybridized carbons (Fsp3) is 0.462. The van der Waals surface area contributed by atoms with Crippen LogP contribution in [0.15, 0.2) is 24.3 Å². The minimum Gasteiger partial charge on any atom is -0.351 e. The van der Waals surface area contributed by atoms with Gasteiger partial charge >= 0.3 is 0 Å². The smallest absolute Gasteiger partial charge is 0.262 e. The highest BCUT2D eigenvalue weighted by atomic mass is 32.2. The zero-order chi connectivity index (χ0) is 16.4. The van der Waals surface area contributed by atoms with E-state index in [0.717, 1.165) is 6.26 Å². The zero-order valence-corrected chi connectivity index (χ0v) is 12.7. The zero-order valence-electron chi connectivity index (χ0n) is 11.9. The van der Waals surface area contributed by atoms with E-state index in [2.05, 4.69) is 15.4 Å². The Balaban J connectivity index is 1.92. The monoisotopic (exact) mass is 333 g/mol. The maximum atomic E-state index is 13.0. The van der Waals surface area contributed by atoms with E-state index >= 15 is 0 Å². The molecular weight excluding hydrogens is 316 g/mol. The first-order valence-corrected chi connectivity index (χ1v) is 8.49. The van der Waals surface area contributed by atoms with Gasteiger partial charge in [-0.05, 0) is 17.7 Å². The largest absolute Gasteiger partial charge is 0.351 e. The highest BCUT2D eigenvalue weighted by molar-refractivity contribution is 7.92. The van der Waals surface area contributed by atoms with Gasteiger partial charge in [0.2, 0.25) is 15.9 Å². The molecule has 1 fully saturated rings. The summed E-state index contributed by atoms with van der Waals surface area (Å²) in [6, 6.07) is 5.57. The Bertz CT molecular complexity index is 664. The lowest BCUT2D eigenvalue weighted by atomic mass is 10.1. The Kier molecular flexibility index (Phi) is 4.66. The summed E-state index contributed by atoms with van der Waals surface area (Å²) >= 11 is 0. The number of amides is 1. The summed E-state index contributed by atoms with van der Waals surface area (Å²) in [5.41, 5.74) is 1.03. The molecule has 0 saturated carbocycles. The lowest BCUT2D eigenvalue weighted by Gasteiger charge is -2.12. The Morgan fingerprint density at radius 1 is 1.45 bits per heavy atom. The van der Waals surface area contributed by atoms with E-state index in [4.69, 9.17) is 0 Å². The highest BCUT2D eigenvalue weighted by Gasteiger charge is 2.42. The molecule has 6 nitrogen and oxygen atoms in total. The summed E-state index contributed by atoms with van der Waals surface area (Å²) in [6.45, 7) is -0.374. The minimum absolute atomic E-state index is 0.127. The molecule has 0 radical (unpaired) electrons. The molecule has 122 valence electrons. The van der Waals surface area contributed by atoms with Crippen LogP contribution in [-0.4, -0.2) is 39.1 Å². The van der Waals surface area contributed by atoms with Gasteiger partial charge in [0.25, 0.3) is 5.92 Å². The van der Waals surface area contributed by atoms with Crippen LogP contribution in [0.3, 0.4) is 0 Å². The van der Waals surface area contributed by atoms with Crippen molar-refractivity contribution >= 4 is 21.6 Å². The Hall–Kier alpha value is -1.74. The number of rotatable bonds is 5. The second-order valence-electron chi connectivity index (χ2n) is 5.29. The van der Waals surface area contributed by atoms with Gasteiger partial charge in [-0.3, -0.25) is 14.8 Å². The molecule has 9 heteroatoms. The predicted molar refractivity (Wildman–Crippen MR) is 78.1 cm³/mol. The molecular formula is C13H17F2N3O3S. The Morgan fingerprint density at radius 2 is 2.18 bits per heavy atom. The normalized spacial score (nSPS) is 20.6. The van der Waals surface area contributed by atoms with Gasteiger partial charge in [0, 0.05) is 18.7 Å². The van der Waals surface area contributed by atoms with Gasteiger partial charge in [0.05, 0.1) is 18.8 Å². The van der Waals surface area contributed by atoms with Crippen molar-refractivity contribution in [2.75, 3.05) is 17.5 Å². The third-order valence-electron chi connectivity index (χ3n) is 3.12. The number of anilines is 1.